The molecule has 82 valence electrons. The molecule has 3 nitrogen and oxygen atoms in total. The molecule has 0 unspecified atom stereocenters. The Morgan fingerprint density at radius 1 is 1.31 bits per heavy atom. The van der Waals surface area contributed by atoms with Crippen molar-refractivity contribution in [2.75, 3.05) is 4.42 Å². The summed E-state index contributed by atoms with van der Waals surface area (Å²) in [7, 11) is 0. The smallest absolute Gasteiger partial charge is 0.238 e. The van der Waals surface area contributed by atoms with E-state index in [0.717, 1.165) is 15.2 Å². The van der Waals surface area contributed by atoms with Gasteiger partial charge >= 0.3 is 0 Å². The highest BCUT2D eigenvalue weighted by atomic mass is 35.5. The summed E-state index contributed by atoms with van der Waals surface area (Å²) in [5.41, 5.74) is 0.572. The third kappa shape index (κ3) is 1.82. The number of carbonyl (C=O) groups is 1. The van der Waals surface area contributed by atoms with Crippen LogP contribution in [-0.4, -0.2) is 11.0 Å². The first kappa shape index (κ1) is 10.8. The number of phenolic OH excluding ortho intramolecular Hbond substituents is 1. The number of anilines is 1. The summed E-state index contributed by atoms with van der Waals surface area (Å²) in [5.74, 6) is -0.119. The molecule has 0 saturated heterocycles. The van der Waals surface area contributed by atoms with Crippen molar-refractivity contribution >= 4 is 34.1 Å². The summed E-state index contributed by atoms with van der Waals surface area (Å²) in [6.45, 7) is 1.38. The van der Waals surface area contributed by atoms with Crippen LogP contribution < -0.4 is 4.42 Å². The van der Waals surface area contributed by atoms with Crippen LogP contribution in [0.2, 0.25) is 0 Å². The van der Waals surface area contributed by atoms with E-state index in [-0.39, 0.29) is 11.7 Å². The fourth-order valence-electron chi connectivity index (χ4n) is 1.58. The number of nitrogens with zero attached hydrogens (tertiary/aromatic N) is 1. The Balaban J connectivity index is 2.69. The van der Waals surface area contributed by atoms with Crippen LogP contribution in [0, 0.1) is 0 Å². The van der Waals surface area contributed by atoms with Gasteiger partial charge in [-0.2, -0.15) is 0 Å². The molecule has 0 spiro atoms. The van der Waals surface area contributed by atoms with Gasteiger partial charge in [-0.15, -0.1) is 0 Å². The van der Waals surface area contributed by atoms with Gasteiger partial charge in [0.05, 0.1) is 5.69 Å². The largest absolute Gasteiger partial charge is 0.508 e. The molecule has 2 rings (SSSR count). The number of benzene rings is 2. The molecule has 0 saturated carbocycles. The Bertz CT molecular complexity index is 554. The maximum Gasteiger partial charge on any atom is 0.238 e. The van der Waals surface area contributed by atoms with E-state index in [1.807, 2.05) is 12.1 Å². The predicted octanol–water partition coefficient (Wildman–Crippen LogP) is 3.05. The molecule has 0 aromatic heterocycles. The molecule has 0 atom stereocenters. The van der Waals surface area contributed by atoms with Crippen LogP contribution in [0.1, 0.15) is 6.92 Å². The number of hydrogen-bond acceptors (Lipinski definition) is 2. The zero-order valence-electron chi connectivity index (χ0n) is 8.64. The third-order valence-corrected chi connectivity index (χ3v) is 2.75. The second-order valence-electron chi connectivity index (χ2n) is 3.48. The van der Waals surface area contributed by atoms with Gasteiger partial charge in [0.25, 0.3) is 0 Å². The summed E-state index contributed by atoms with van der Waals surface area (Å²) in [6, 6.07) is 10.4. The Labute approximate surface area is 98.0 Å². The molecule has 1 N–H and O–H groups in total. The zero-order valence-corrected chi connectivity index (χ0v) is 9.40. The number of hydrogen-bond donors (Lipinski definition) is 1. The Morgan fingerprint density at radius 2 is 2.06 bits per heavy atom. The molecular weight excluding hydrogens is 226 g/mol. The van der Waals surface area contributed by atoms with E-state index in [1.54, 1.807) is 24.3 Å². The van der Waals surface area contributed by atoms with Gasteiger partial charge in [0.15, 0.2) is 0 Å². The highest BCUT2D eigenvalue weighted by Gasteiger charge is 2.11. The minimum Gasteiger partial charge on any atom is -0.508 e. The van der Waals surface area contributed by atoms with Gasteiger partial charge in [0.2, 0.25) is 5.91 Å². The summed E-state index contributed by atoms with van der Waals surface area (Å²) < 4.78 is 1.04. The number of fused-ring (bicyclic) bond motifs is 1. The first-order valence-corrected chi connectivity index (χ1v) is 5.11. The fraction of sp³-hybridized carbons (Fsp3) is 0.0833. The van der Waals surface area contributed by atoms with E-state index in [2.05, 4.69) is 0 Å². The SMILES string of the molecule is CC(=O)N(Cl)c1cccc2ccc(O)cc12. The van der Waals surface area contributed by atoms with Gasteiger partial charge in [-0.3, -0.25) is 4.79 Å². The van der Waals surface area contributed by atoms with Crippen molar-refractivity contribution in [2.24, 2.45) is 0 Å². The van der Waals surface area contributed by atoms with Gasteiger partial charge in [0, 0.05) is 24.1 Å². The maximum absolute atomic E-state index is 11.2. The van der Waals surface area contributed by atoms with Crippen LogP contribution in [0.25, 0.3) is 10.8 Å². The van der Waals surface area contributed by atoms with E-state index < -0.39 is 0 Å². The molecule has 4 heteroatoms. The van der Waals surface area contributed by atoms with E-state index in [9.17, 15) is 9.90 Å². The molecule has 0 fully saturated rings. The lowest BCUT2D eigenvalue weighted by atomic mass is 10.1. The topological polar surface area (TPSA) is 40.5 Å². The van der Waals surface area contributed by atoms with Crippen molar-refractivity contribution < 1.29 is 9.90 Å². The highest BCUT2D eigenvalue weighted by Crippen LogP contribution is 2.30. The van der Waals surface area contributed by atoms with Gasteiger partial charge in [-0.1, -0.05) is 18.2 Å². The number of amides is 1. The lowest BCUT2D eigenvalue weighted by Gasteiger charge is -2.14. The molecule has 0 aliphatic heterocycles. The second kappa shape index (κ2) is 4.02. The normalized spacial score (nSPS) is 10.4. The van der Waals surface area contributed by atoms with Crippen LogP contribution in [-0.2, 0) is 4.79 Å². The standard InChI is InChI=1S/C12H10ClNO2/c1-8(15)14(13)12-4-2-3-9-5-6-10(16)7-11(9)12/h2-7,16H,1H3. The molecule has 0 heterocycles. The second-order valence-corrected chi connectivity index (χ2v) is 3.82. The van der Waals surface area contributed by atoms with Gasteiger partial charge in [-0.25, -0.2) is 4.42 Å². The average molecular weight is 236 g/mol. The monoisotopic (exact) mass is 235 g/mol. The zero-order chi connectivity index (χ0) is 11.7. The molecule has 0 radical (unpaired) electrons. The van der Waals surface area contributed by atoms with E-state index in [1.165, 1.54) is 6.92 Å². The molecular formula is C12H10ClNO2. The molecule has 1 amide bonds. The van der Waals surface area contributed by atoms with Crippen LogP contribution in [0.4, 0.5) is 5.69 Å². The number of halogens is 1. The molecule has 0 aliphatic carbocycles. The first-order chi connectivity index (χ1) is 7.59. The molecule has 0 bridgehead atoms. The maximum atomic E-state index is 11.2. The predicted molar refractivity (Wildman–Crippen MR) is 64.6 cm³/mol. The minimum absolute atomic E-state index is 0.147. The Hall–Kier alpha value is -1.74. The van der Waals surface area contributed by atoms with Crippen molar-refractivity contribution in [3.63, 3.8) is 0 Å². The molecule has 2 aromatic rings. The number of phenols is 1. The summed E-state index contributed by atoms with van der Waals surface area (Å²) in [6.07, 6.45) is 0. The lowest BCUT2D eigenvalue weighted by molar-refractivity contribution is -0.115. The molecule has 0 aliphatic rings. The van der Waals surface area contributed by atoms with Gasteiger partial charge in [-0.05, 0) is 23.6 Å². The van der Waals surface area contributed by atoms with Gasteiger partial charge in [0.1, 0.15) is 5.75 Å². The van der Waals surface area contributed by atoms with Crippen LogP contribution in [0.15, 0.2) is 36.4 Å². The third-order valence-electron chi connectivity index (χ3n) is 2.33. The van der Waals surface area contributed by atoms with Crippen molar-refractivity contribution in [1.29, 1.82) is 0 Å². The van der Waals surface area contributed by atoms with Crippen molar-refractivity contribution in [3.05, 3.63) is 36.4 Å². The first-order valence-electron chi connectivity index (χ1n) is 4.78. The summed E-state index contributed by atoms with van der Waals surface area (Å²) in [4.78, 5) is 11.2. The van der Waals surface area contributed by atoms with E-state index >= 15 is 0 Å². The van der Waals surface area contributed by atoms with Crippen molar-refractivity contribution in [2.45, 2.75) is 6.92 Å². The van der Waals surface area contributed by atoms with Crippen molar-refractivity contribution in [1.82, 2.24) is 0 Å². The highest BCUT2D eigenvalue weighted by molar-refractivity contribution is 6.37. The Morgan fingerprint density at radius 3 is 2.75 bits per heavy atom. The fourth-order valence-corrected chi connectivity index (χ4v) is 1.73. The number of carbonyl (C=O) groups excluding carboxylic acids is 1. The lowest BCUT2D eigenvalue weighted by Crippen LogP contribution is -2.16. The van der Waals surface area contributed by atoms with E-state index in [4.69, 9.17) is 11.8 Å². The molecule has 2 aromatic carbocycles. The van der Waals surface area contributed by atoms with Gasteiger partial charge < -0.3 is 5.11 Å². The quantitative estimate of drug-likeness (QED) is 0.772. The van der Waals surface area contributed by atoms with Crippen LogP contribution in [0.5, 0.6) is 5.75 Å². The summed E-state index contributed by atoms with van der Waals surface area (Å²) >= 11 is 5.87. The minimum atomic E-state index is -0.266. The van der Waals surface area contributed by atoms with E-state index in [0.29, 0.717) is 5.69 Å². The van der Waals surface area contributed by atoms with Crippen molar-refractivity contribution in [3.8, 4) is 5.75 Å². The number of aromatic hydroxyl groups is 1. The van der Waals surface area contributed by atoms with Crippen LogP contribution >= 0.6 is 11.8 Å². The number of rotatable bonds is 1. The van der Waals surface area contributed by atoms with Crippen LogP contribution in [0.3, 0.4) is 0 Å². The molecule has 16 heavy (non-hydrogen) atoms. The Kier molecular flexibility index (Phi) is 2.71. The summed E-state index contributed by atoms with van der Waals surface area (Å²) in [5, 5.41) is 11.1. The average Bonchev–Trinajstić information content (AvgIpc) is 2.27.